The van der Waals surface area contributed by atoms with E-state index >= 15 is 0 Å². The van der Waals surface area contributed by atoms with Crippen molar-refractivity contribution in [2.75, 3.05) is 0 Å². The van der Waals surface area contributed by atoms with Gasteiger partial charge in [0.05, 0.1) is 0 Å². The third kappa shape index (κ3) is 3.04. The van der Waals surface area contributed by atoms with Crippen molar-refractivity contribution in [3.8, 4) is 0 Å². The van der Waals surface area contributed by atoms with E-state index in [0.29, 0.717) is 0 Å². The number of alkyl halides is 3. The minimum Gasteiger partial charge on any atom is -0.269 e. The number of hydrogen-bond acceptors (Lipinski definition) is 1. The summed E-state index contributed by atoms with van der Waals surface area (Å²) in [6.07, 6.45) is -4.77. The maximum Gasteiger partial charge on any atom is 0.484 e. The van der Waals surface area contributed by atoms with E-state index in [9.17, 15) is 22.4 Å². The van der Waals surface area contributed by atoms with Gasteiger partial charge in [-0.15, -0.1) is 0 Å². The third-order valence-electron chi connectivity index (χ3n) is 1.36. The molecular weight excluding hydrogens is 202 g/mol. The molecule has 1 rings (SSSR count). The maximum absolute atomic E-state index is 12.3. The van der Waals surface area contributed by atoms with Gasteiger partial charge in [-0.05, 0) is 24.3 Å². The second-order valence-electron chi connectivity index (χ2n) is 2.46. The molecule has 6 heteroatoms. The Bertz CT molecular complexity index is 330. The first-order chi connectivity index (χ1) is 6.38. The molecule has 0 spiro atoms. The monoisotopic (exact) mass is 207 g/mol. The fourth-order valence-corrected chi connectivity index (χ4v) is 0.802. The van der Waals surface area contributed by atoms with Crippen molar-refractivity contribution in [2.45, 2.75) is 6.30 Å². The highest BCUT2D eigenvalue weighted by Crippen LogP contribution is 2.11. The van der Waals surface area contributed by atoms with Crippen molar-refractivity contribution < 1.29 is 22.4 Å². The molecule has 0 fully saturated rings. The molecule has 0 saturated carbocycles. The normalized spacial score (nSPS) is 11.1. The highest BCUT2D eigenvalue weighted by Gasteiger charge is 2.30. The molecule has 76 valence electrons. The van der Waals surface area contributed by atoms with Crippen LogP contribution in [0, 0.1) is 5.82 Å². The second-order valence-corrected chi connectivity index (χ2v) is 2.46. The van der Waals surface area contributed by atoms with E-state index in [1.165, 1.54) is 0 Å². The Balaban J connectivity index is 2.76. The molecular formula is C8H5F4NO. The van der Waals surface area contributed by atoms with E-state index in [1.807, 2.05) is 0 Å². The Morgan fingerprint density at radius 1 is 1.14 bits per heavy atom. The molecule has 0 aliphatic rings. The number of halogens is 4. The Labute approximate surface area is 76.5 Å². The molecule has 0 unspecified atom stereocenters. The topological polar surface area (TPSA) is 29.1 Å². The van der Waals surface area contributed by atoms with Crippen LogP contribution in [0.25, 0.3) is 0 Å². The average Bonchev–Trinajstić information content (AvgIpc) is 2.02. The van der Waals surface area contributed by atoms with Gasteiger partial charge in [-0.25, -0.2) is 4.39 Å². The summed E-state index contributed by atoms with van der Waals surface area (Å²) in [5.74, 6) is -1.92. The van der Waals surface area contributed by atoms with Gasteiger partial charge in [-0.2, -0.15) is 13.2 Å². The summed E-state index contributed by atoms with van der Waals surface area (Å²) in [5.41, 5.74) is -0.247. The summed E-state index contributed by atoms with van der Waals surface area (Å²) >= 11 is 0. The first-order valence-electron chi connectivity index (χ1n) is 3.53. The predicted octanol–water partition coefficient (Wildman–Crippen LogP) is 2.08. The van der Waals surface area contributed by atoms with Crippen LogP contribution in [0.1, 0.15) is 10.4 Å². The molecule has 1 aromatic carbocycles. The molecule has 0 bridgehead atoms. The van der Waals surface area contributed by atoms with E-state index < -0.39 is 18.0 Å². The van der Waals surface area contributed by atoms with Crippen LogP contribution in [-0.2, 0) is 0 Å². The molecule has 0 heterocycles. The number of hydrogen-bond donors (Lipinski definition) is 1. The van der Waals surface area contributed by atoms with E-state index in [2.05, 4.69) is 0 Å². The molecule has 1 N–H and O–H groups in total. The summed E-state index contributed by atoms with van der Waals surface area (Å²) in [7, 11) is 0. The van der Waals surface area contributed by atoms with Crippen LogP contribution in [0.5, 0.6) is 0 Å². The highest BCUT2D eigenvalue weighted by molar-refractivity contribution is 5.94. The van der Waals surface area contributed by atoms with Crippen LogP contribution in [0.2, 0.25) is 0 Å². The molecule has 14 heavy (non-hydrogen) atoms. The van der Waals surface area contributed by atoms with Gasteiger partial charge in [0, 0.05) is 5.56 Å². The predicted molar refractivity (Wildman–Crippen MR) is 39.9 cm³/mol. The SMILES string of the molecule is O=C(NC(F)(F)F)c1ccc(F)cc1. The molecule has 0 radical (unpaired) electrons. The smallest absolute Gasteiger partial charge is 0.269 e. The quantitative estimate of drug-likeness (QED) is 0.554. The molecule has 1 amide bonds. The Morgan fingerprint density at radius 2 is 1.64 bits per heavy atom. The van der Waals surface area contributed by atoms with Crippen molar-refractivity contribution in [1.82, 2.24) is 5.32 Å². The number of nitrogens with one attached hydrogen (secondary N) is 1. The van der Waals surface area contributed by atoms with Crippen LogP contribution in [0.4, 0.5) is 17.6 Å². The zero-order valence-corrected chi connectivity index (χ0v) is 6.73. The van der Waals surface area contributed by atoms with Crippen LogP contribution < -0.4 is 5.32 Å². The number of amides is 1. The molecule has 1 aromatic rings. The fourth-order valence-electron chi connectivity index (χ4n) is 0.802. The van der Waals surface area contributed by atoms with Gasteiger partial charge in [-0.1, -0.05) is 0 Å². The Kier molecular flexibility index (Phi) is 2.73. The zero-order valence-electron chi connectivity index (χ0n) is 6.73. The summed E-state index contributed by atoms with van der Waals surface area (Å²) < 4.78 is 47.3. The van der Waals surface area contributed by atoms with Gasteiger partial charge in [0.2, 0.25) is 0 Å². The first kappa shape index (κ1) is 10.5. The van der Waals surface area contributed by atoms with Crippen molar-refractivity contribution in [2.24, 2.45) is 0 Å². The van der Waals surface area contributed by atoms with Gasteiger partial charge in [0.15, 0.2) is 0 Å². The lowest BCUT2D eigenvalue weighted by Gasteiger charge is -2.07. The van der Waals surface area contributed by atoms with Crippen molar-refractivity contribution in [3.63, 3.8) is 0 Å². The van der Waals surface area contributed by atoms with Crippen LogP contribution in [0.15, 0.2) is 24.3 Å². The fraction of sp³-hybridized carbons (Fsp3) is 0.125. The Morgan fingerprint density at radius 3 is 2.07 bits per heavy atom. The zero-order chi connectivity index (χ0) is 10.8. The lowest BCUT2D eigenvalue weighted by Crippen LogP contribution is -2.37. The number of rotatable bonds is 1. The maximum atomic E-state index is 12.3. The minimum absolute atomic E-state index is 0.247. The summed E-state index contributed by atoms with van der Waals surface area (Å²) in [6.45, 7) is 0. The largest absolute Gasteiger partial charge is 0.484 e. The average molecular weight is 207 g/mol. The standard InChI is InChI=1S/C8H5F4NO/c9-6-3-1-5(2-4-6)7(14)13-8(10,11)12/h1-4H,(H,13,14). The number of benzene rings is 1. The van der Waals surface area contributed by atoms with Gasteiger partial charge in [-0.3, -0.25) is 10.1 Å². The number of carbonyl (C=O) groups excluding carboxylic acids is 1. The minimum atomic E-state index is -4.77. The summed E-state index contributed by atoms with van der Waals surface area (Å²) in [4.78, 5) is 10.8. The van der Waals surface area contributed by atoms with Gasteiger partial charge < -0.3 is 0 Å². The van der Waals surface area contributed by atoms with Gasteiger partial charge in [0.25, 0.3) is 5.91 Å². The Hall–Kier alpha value is -1.59. The molecule has 0 aliphatic carbocycles. The second kappa shape index (κ2) is 3.65. The summed E-state index contributed by atoms with van der Waals surface area (Å²) in [6, 6.07) is 3.75. The third-order valence-corrected chi connectivity index (χ3v) is 1.36. The van der Waals surface area contributed by atoms with E-state index in [1.54, 1.807) is 0 Å². The lowest BCUT2D eigenvalue weighted by atomic mass is 10.2. The molecule has 2 nitrogen and oxygen atoms in total. The highest BCUT2D eigenvalue weighted by atomic mass is 19.4. The van der Waals surface area contributed by atoms with Crippen LogP contribution in [0.3, 0.4) is 0 Å². The lowest BCUT2D eigenvalue weighted by molar-refractivity contribution is -0.146. The van der Waals surface area contributed by atoms with Gasteiger partial charge >= 0.3 is 6.30 Å². The number of carbonyl (C=O) groups is 1. The molecule has 0 aromatic heterocycles. The van der Waals surface area contributed by atoms with Gasteiger partial charge in [0.1, 0.15) is 5.82 Å². The van der Waals surface area contributed by atoms with Crippen LogP contribution in [-0.4, -0.2) is 12.2 Å². The van der Waals surface area contributed by atoms with E-state index in [0.717, 1.165) is 29.6 Å². The van der Waals surface area contributed by atoms with Crippen molar-refractivity contribution >= 4 is 5.91 Å². The first-order valence-corrected chi connectivity index (χ1v) is 3.53. The van der Waals surface area contributed by atoms with Crippen LogP contribution >= 0.6 is 0 Å². The van der Waals surface area contributed by atoms with Crippen molar-refractivity contribution in [1.29, 1.82) is 0 Å². The molecule has 0 atom stereocenters. The molecule has 0 saturated heterocycles. The summed E-state index contributed by atoms with van der Waals surface area (Å²) in [5, 5.41) is 0.793. The van der Waals surface area contributed by atoms with Crippen molar-refractivity contribution in [3.05, 3.63) is 35.6 Å². The van der Waals surface area contributed by atoms with E-state index in [4.69, 9.17) is 0 Å². The van der Waals surface area contributed by atoms with E-state index in [-0.39, 0.29) is 5.56 Å². The molecule has 0 aliphatic heterocycles.